The predicted octanol–water partition coefficient (Wildman–Crippen LogP) is -0.0185. The third kappa shape index (κ3) is 2.80. The van der Waals surface area contributed by atoms with Crippen molar-refractivity contribution in [3.8, 4) is 0 Å². The van der Waals surface area contributed by atoms with Crippen LogP contribution in [-0.2, 0) is 9.59 Å². The number of thioether (sulfide) groups is 1. The van der Waals surface area contributed by atoms with Crippen molar-refractivity contribution < 1.29 is 14.7 Å². The lowest BCUT2D eigenvalue weighted by molar-refractivity contribution is -0.154. The molecule has 0 aromatic rings. The van der Waals surface area contributed by atoms with Gasteiger partial charge in [-0.3, -0.25) is 9.59 Å². The minimum Gasteiger partial charge on any atom is -0.380 e. The second-order valence-electron chi connectivity index (χ2n) is 5.05. The zero-order chi connectivity index (χ0) is 13.2. The van der Waals surface area contributed by atoms with E-state index >= 15 is 0 Å². The summed E-state index contributed by atoms with van der Waals surface area (Å²) in [6, 6.07) is -0.140. The number of hydrogen-bond acceptors (Lipinski definition) is 4. The first-order valence-corrected chi connectivity index (χ1v) is 7.56. The van der Waals surface area contributed by atoms with Crippen LogP contribution in [0.5, 0.6) is 0 Å². The molecule has 0 aromatic heterocycles. The van der Waals surface area contributed by atoms with Gasteiger partial charge in [-0.05, 0) is 31.3 Å². The van der Waals surface area contributed by atoms with E-state index in [1.165, 1.54) is 0 Å². The second kappa shape index (κ2) is 5.48. The van der Waals surface area contributed by atoms with Crippen LogP contribution in [0.2, 0.25) is 0 Å². The Morgan fingerprint density at radius 3 is 2.83 bits per heavy atom. The summed E-state index contributed by atoms with van der Waals surface area (Å²) in [4.78, 5) is 25.5. The van der Waals surface area contributed by atoms with Gasteiger partial charge in [0, 0.05) is 25.6 Å². The van der Waals surface area contributed by atoms with Crippen molar-refractivity contribution in [1.82, 2.24) is 10.2 Å². The number of nitrogens with zero attached hydrogens (tertiary/aromatic N) is 1. The van der Waals surface area contributed by atoms with Gasteiger partial charge in [-0.15, -0.1) is 0 Å². The average molecular weight is 272 g/mol. The summed E-state index contributed by atoms with van der Waals surface area (Å²) in [5.41, 5.74) is -1.22. The van der Waals surface area contributed by atoms with E-state index in [4.69, 9.17) is 0 Å². The van der Waals surface area contributed by atoms with Crippen LogP contribution in [-0.4, -0.2) is 58.1 Å². The Balaban J connectivity index is 2.09. The molecule has 0 saturated carbocycles. The fourth-order valence-electron chi connectivity index (χ4n) is 2.48. The van der Waals surface area contributed by atoms with E-state index in [0.29, 0.717) is 32.4 Å². The zero-order valence-corrected chi connectivity index (χ0v) is 11.5. The molecule has 2 heterocycles. The summed E-state index contributed by atoms with van der Waals surface area (Å²) in [5.74, 6) is 1.42. The summed E-state index contributed by atoms with van der Waals surface area (Å²) in [6.45, 7) is 2.82. The molecule has 0 radical (unpaired) electrons. The van der Waals surface area contributed by atoms with Crippen LogP contribution in [0.15, 0.2) is 0 Å². The van der Waals surface area contributed by atoms with Gasteiger partial charge in [0.2, 0.25) is 5.91 Å². The van der Waals surface area contributed by atoms with Crippen molar-refractivity contribution in [2.75, 3.05) is 24.6 Å². The predicted molar refractivity (Wildman–Crippen MR) is 70.3 cm³/mol. The van der Waals surface area contributed by atoms with Gasteiger partial charge in [-0.2, -0.15) is 11.8 Å². The molecule has 1 atom stereocenters. The summed E-state index contributed by atoms with van der Waals surface area (Å²) in [6.07, 6.45) is 1.35. The Morgan fingerprint density at radius 2 is 2.17 bits per heavy atom. The molecule has 1 unspecified atom stereocenters. The lowest BCUT2D eigenvalue weighted by Crippen LogP contribution is -2.54. The van der Waals surface area contributed by atoms with Gasteiger partial charge in [0.25, 0.3) is 5.91 Å². The molecule has 5 nitrogen and oxygen atoms in total. The SMILES string of the molecule is CC1CC(=O)NCCN1C(=O)C1(O)CCSCC1. The van der Waals surface area contributed by atoms with Gasteiger partial charge >= 0.3 is 0 Å². The molecule has 2 aliphatic heterocycles. The van der Waals surface area contributed by atoms with E-state index < -0.39 is 5.60 Å². The number of hydrogen-bond donors (Lipinski definition) is 2. The van der Waals surface area contributed by atoms with E-state index in [1.807, 2.05) is 6.92 Å². The average Bonchev–Trinajstić information content (AvgIpc) is 2.50. The van der Waals surface area contributed by atoms with Gasteiger partial charge in [-0.25, -0.2) is 0 Å². The summed E-state index contributed by atoms with van der Waals surface area (Å²) in [5, 5.41) is 13.2. The first-order valence-electron chi connectivity index (χ1n) is 6.41. The van der Waals surface area contributed by atoms with E-state index in [-0.39, 0.29) is 17.9 Å². The molecule has 2 amide bonds. The Kier molecular flexibility index (Phi) is 4.17. The topological polar surface area (TPSA) is 69.6 Å². The van der Waals surface area contributed by atoms with E-state index in [9.17, 15) is 14.7 Å². The number of amides is 2. The molecule has 2 saturated heterocycles. The minimum atomic E-state index is -1.22. The molecule has 102 valence electrons. The van der Waals surface area contributed by atoms with Crippen LogP contribution in [0.1, 0.15) is 26.2 Å². The van der Waals surface area contributed by atoms with E-state index in [0.717, 1.165) is 11.5 Å². The van der Waals surface area contributed by atoms with E-state index in [1.54, 1.807) is 16.7 Å². The van der Waals surface area contributed by atoms with Gasteiger partial charge in [-0.1, -0.05) is 0 Å². The summed E-state index contributed by atoms with van der Waals surface area (Å²) < 4.78 is 0. The number of carbonyl (C=O) groups excluding carboxylic acids is 2. The van der Waals surface area contributed by atoms with Gasteiger partial charge in [0.05, 0.1) is 0 Å². The van der Waals surface area contributed by atoms with Crippen LogP contribution in [0, 0.1) is 0 Å². The summed E-state index contributed by atoms with van der Waals surface area (Å²) >= 11 is 1.77. The lowest BCUT2D eigenvalue weighted by Gasteiger charge is -2.37. The van der Waals surface area contributed by atoms with Crippen molar-refractivity contribution >= 4 is 23.6 Å². The van der Waals surface area contributed by atoms with Gasteiger partial charge in [0.15, 0.2) is 0 Å². The first kappa shape index (κ1) is 13.7. The fraction of sp³-hybridized carbons (Fsp3) is 0.833. The van der Waals surface area contributed by atoms with Crippen molar-refractivity contribution in [3.05, 3.63) is 0 Å². The highest BCUT2D eigenvalue weighted by atomic mass is 32.2. The third-order valence-electron chi connectivity index (χ3n) is 3.67. The largest absolute Gasteiger partial charge is 0.380 e. The number of aliphatic hydroxyl groups is 1. The molecule has 2 rings (SSSR count). The number of nitrogens with one attached hydrogen (secondary N) is 1. The Labute approximate surface area is 111 Å². The molecule has 18 heavy (non-hydrogen) atoms. The maximum atomic E-state index is 12.5. The fourth-order valence-corrected chi connectivity index (χ4v) is 3.65. The Morgan fingerprint density at radius 1 is 1.50 bits per heavy atom. The molecule has 2 fully saturated rings. The zero-order valence-electron chi connectivity index (χ0n) is 10.6. The minimum absolute atomic E-state index is 0.0241. The Hall–Kier alpha value is -0.750. The van der Waals surface area contributed by atoms with Crippen LogP contribution >= 0.6 is 11.8 Å². The van der Waals surface area contributed by atoms with Crippen molar-refractivity contribution in [2.24, 2.45) is 0 Å². The van der Waals surface area contributed by atoms with Crippen molar-refractivity contribution in [1.29, 1.82) is 0 Å². The highest BCUT2D eigenvalue weighted by Gasteiger charge is 2.42. The molecule has 0 spiro atoms. The number of rotatable bonds is 1. The van der Waals surface area contributed by atoms with Crippen LogP contribution in [0.4, 0.5) is 0 Å². The number of carbonyl (C=O) groups is 2. The standard InChI is InChI=1S/C12H20N2O3S/c1-9-8-10(15)13-4-5-14(9)11(16)12(17)2-6-18-7-3-12/h9,17H,2-8H2,1H3,(H,13,15). The molecule has 6 heteroatoms. The maximum Gasteiger partial charge on any atom is 0.254 e. The molecular formula is C12H20N2O3S. The third-order valence-corrected chi connectivity index (χ3v) is 4.65. The first-order chi connectivity index (χ1) is 8.53. The molecule has 0 aromatic carbocycles. The molecule has 2 aliphatic rings. The molecule has 0 aliphatic carbocycles. The lowest BCUT2D eigenvalue weighted by atomic mass is 9.94. The molecule has 2 N–H and O–H groups in total. The highest BCUT2D eigenvalue weighted by molar-refractivity contribution is 7.99. The van der Waals surface area contributed by atoms with Gasteiger partial charge in [0.1, 0.15) is 5.60 Å². The van der Waals surface area contributed by atoms with Crippen LogP contribution in [0.3, 0.4) is 0 Å². The van der Waals surface area contributed by atoms with Crippen molar-refractivity contribution in [3.63, 3.8) is 0 Å². The Bertz CT molecular complexity index is 342. The van der Waals surface area contributed by atoms with E-state index in [2.05, 4.69) is 5.32 Å². The normalized spacial score (nSPS) is 28.4. The maximum absolute atomic E-state index is 12.5. The smallest absolute Gasteiger partial charge is 0.254 e. The highest BCUT2D eigenvalue weighted by Crippen LogP contribution is 2.29. The van der Waals surface area contributed by atoms with Crippen LogP contribution < -0.4 is 5.32 Å². The summed E-state index contributed by atoms with van der Waals surface area (Å²) in [7, 11) is 0. The van der Waals surface area contributed by atoms with Crippen molar-refractivity contribution in [2.45, 2.75) is 37.8 Å². The quantitative estimate of drug-likeness (QED) is 0.704. The van der Waals surface area contributed by atoms with Crippen LogP contribution in [0.25, 0.3) is 0 Å². The monoisotopic (exact) mass is 272 g/mol. The molecular weight excluding hydrogens is 252 g/mol. The molecule has 0 bridgehead atoms. The second-order valence-corrected chi connectivity index (χ2v) is 6.27. The van der Waals surface area contributed by atoms with Gasteiger partial charge < -0.3 is 15.3 Å².